The van der Waals surface area contributed by atoms with Crippen LogP contribution in [0, 0.1) is 0 Å². The molecule has 0 saturated carbocycles. The Balaban J connectivity index is 0.00000400. The van der Waals surface area contributed by atoms with Gasteiger partial charge in [0.15, 0.2) is 0 Å². The number of aromatic nitrogens is 2. The number of amides is 1. The predicted octanol–water partition coefficient (Wildman–Crippen LogP) is -1.68. The van der Waals surface area contributed by atoms with Crippen molar-refractivity contribution in [3.63, 3.8) is 0 Å². The number of methoxy groups -OCH3 is 1. The topological polar surface area (TPSA) is 94.4 Å². The summed E-state index contributed by atoms with van der Waals surface area (Å²) in [6, 6.07) is 1.25. The summed E-state index contributed by atoms with van der Waals surface area (Å²) >= 11 is 0. The SMILES string of the molecule is COCCNCCNC(=O)Cn1ccc(=O)n(C)c1=O.Cl. The molecule has 0 fully saturated rings. The first-order chi connectivity index (χ1) is 9.56. The molecule has 0 radical (unpaired) electrons. The van der Waals surface area contributed by atoms with Crippen LogP contribution in [0.25, 0.3) is 0 Å². The minimum atomic E-state index is -0.508. The maximum atomic E-state index is 11.7. The largest absolute Gasteiger partial charge is 0.383 e. The van der Waals surface area contributed by atoms with Crippen molar-refractivity contribution in [2.75, 3.05) is 33.4 Å². The molecule has 0 saturated heterocycles. The van der Waals surface area contributed by atoms with Crippen molar-refractivity contribution in [3.8, 4) is 0 Å². The Morgan fingerprint density at radius 1 is 1.29 bits per heavy atom. The lowest BCUT2D eigenvalue weighted by Crippen LogP contribution is -2.41. The van der Waals surface area contributed by atoms with Crippen molar-refractivity contribution in [2.24, 2.45) is 7.05 Å². The number of rotatable bonds is 8. The molecule has 0 unspecified atom stereocenters. The van der Waals surface area contributed by atoms with Crippen molar-refractivity contribution in [1.29, 1.82) is 0 Å². The van der Waals surface area contributed by atoms with E-state index < -0.39 is 11.2 Å². The van der Waals surface area contributed by atoms with Crippen LogP contribution in [0.4, 0.5) is 0 Å². The van der Waals surface area contributed by atoms with E-state index in [4.69, 9.17) is 4.74 Å². The Kier molecular flexibility index (Phi) is 9.35. The van der Waals surface area contributed by atoms with Crippen LogP contribution < -0.4 is 21.9 Å². The Bertz CT molecular complexity index is 555. The molecule has 1 rings (SSSR count). The number of nitrogens with one attached hydrogen (secondary N) is 2. The van der Waals surface area contributed by atoms with Gasteiger partial charge in [-0.1, -0.05) is 0 Å². The summed E-state index contributed by atoms with van der Waals surface area (Å²) in [5, 5.41) is 5.76. The van der Waals surface area contributed by atoms with Gasteiger partial charge in [0.2, 0.25) is 5.91 Å². The van der Waals surface area contributed by atoms with Crippen LogP contribution in [-0.4, -0.2) is 48.4 Å². The molecule has 0 spiro atoms. The molecular weight excluding hydrogens is 300 g/mol. The van der Waals surface area contributed by atoms with Gasteiger partial charge >= 0.3 is 5.69 Å². The van der Waals surface area contributed by atoms with Gasteiger partial charge in [-0.25, -0.2) is 4.79 Å². The zero-order valence-electron chi connectivity index (χ0n) is 12.1. The van der Waals surface area contributed by atoms with E-state index in [0.717, 1.165) is 4.57 Å². The van der Waals surface area contributed by atoms with E-state index in [0.29, 0.717) is 26.2 Å². The molecule has 2 N–H and O–H groups in total. The normalized spacial score (nSPS) is 10.0. The second kappa shape index (κ2) is 10.1. The van der Waals surface area contributed by atoms with Gasteiger partial charge in [0.25, 0.3) is 5.56 Å². The maximum Gasteiger partial charge on any atom is 0.331 e. The van der Waals surface area contributed by atoms with Gasteiger partial charge in [0, 0.05) is 46.1 Å². The number of ether oxygens (including phenoxy) is 1. The van der Waals surface area contributed by atoms with Gasteiger partial charge in [-0.05, 0) is 0 Å². The number of carbonyl (C=O) groups excluding carboxylic acids is 1. The highest BCUT2D eigenvalue weighted by Gasteiger charge is 2.06. The first kappa shape index (κ1) is 19.4. The lowest BCUT2D eigenvalue weighted by molar-refractivity contribution is -0.121. The second-order valence-corrected chi connectivity index (χ2v) is 4.22. The zero-order chi connectivity index (χ0) is 15.0. The maximum absolute atomic E-state index is 11.7. The monoisotopic (exact) mass is 320 g/mol. The van der Waals surface area contributed by atoms with E-state index in [1.165, 1.54) is 23.9 Å². The zero-order valence-corrected chi connectivity index (χ0v) is 12.9. The molecule has 1 heterocycles. The van der Waals surface area contributed by atoms with Crippen LogP contribution in [0.15, 0.2) is 21.9 Å². The van der Waals surface area contributed by atoms with Gasteiger partial charge < -0.3 is 15.4 Å². The molecule has 0 aliphatic rings. The number of carbonyl (C=O) groups is 1. The van der Waals surface area contributed by atoms with E-state index in [9.17, 15) is 14.4 Å². The lowest BCUT2D eigenvalue weighted by atomic mass is 10.5. The average molecular weight is 321 g/mol. The van der Waals surface area contributed by atoms with Crippen molar-refractivity contribution in [1.82, 2.24) is 19.8 Å². The standard InChI is InChI=1S/C12H20N4O4.ClH/c1-15-11(18)3-7-16(12(15)19)9-10(17)14-5-4-13-6-8-20-2;/h3,7,13H,4-6,8-9H2,1-2H3,(H,14,17);1H. The van der Waals surface area contributed by atoms with Crippen molar-refractivity contribution < 1.29 is 9.53 Å². The minimum Gasteiger partial charge on any atom is -0.383 e. The Hall–Kier alpha value is -1.64. The third-order valence-corrected chi connectivity index (χ3v) is 2.68. The molecule has 120 valence electrons. The van der Waals surface area contributed by atoms with Crippen LogP contribution in [0.1, 0.15) is 0 Å². The van der Waals surface area contributed by atoms with Crippen LogP contribution >= 0.6 is 12.4 Å². The molecule has 0 aliphatic carbocycles. The Morgan fingerprint density at radius 3 is 2.67 bits per heavy atom. The Labute approximate surface area is 128 Å². The molecule has 0 bridgehead atoms. The van der Waals surface area contributed by atoms with Crippen LogP contribution in [0.5, 0.6) is 0 Å². The first-order valence-corrected chi connectivity index (χ1v) is 6.29. The van der Waals surface area contributed by atoms with Gasteiger partial charge in [-0.3, -0.25) is 18.7 Å². The molecular formula is C12H21ClN4O4. The minimum absolute atomic E-state index is 0. The Morgan fingerprint density at radius 2 is 2.00 bits per heavy atom. The molecule has 0 aliphatic heterocycles. The molecule has 0 atom stereocenters. The fourth-order valence-corrected chi connectivity index (χ4v) is 1.54. The summed E-state index contributed by atoms with van der Waals surface area (Å²) in [4.78, 5) is 34.5. The van der Waals surface area contributed by atoms with E-state index >= 15 is 0 Å². The quantitative estimate of drug-likeness (QED) is 0.558. The number of nitrogens with zero attached hydrogens (tertiary/aromatic N) is 2. The molecule has 1 amide bonds. The van der Waals surface area contributed by atoms with E-state index in [2.05, 4.69) is 10.6 Å². The van der Waals surface area contributed by atoms with Crippen molar-refractivity contribution in [3.05, 3.63) is 33.1 Å². The van der Waals surface area contributed by atoms with Crippen LogP contribution in [-0.2, 0) is 23.1 Å². The molecule has 21 heavy (non-hydrogen) atoms. The summed E-state index contributed by atoms with van der Waals surface area (Å²) in [7, 11) is 2.99. The molecule has 8 nitrogen and oxygen atoms in total. The van der Waals surface area contributed by atoms with E-state index in [-0.39, 0.29) is 24.9 Å². The van der Waals surface area contributed by atoms with Crippen molar-refractivity contribution >= 4 is 18.3 Å². The predicted molar refractivity (Wildman–Crippen MR) is 80.9 cm³/mol. The average Bonchev–Trinajstić information content (AvgIpc) is 2.43. The summed E-state index contributed by atoms with van der Waals surface area (Å²) in [5.74, 6) is -0.278. The van der Waals surface area contributed by atoms with E-state index in [1.54, 1.807) is 7.11 Å². The summed E-state index contributed by atoms with van der Waals surface area (Å²) in [6.45, 7) is 2.30. The summed E-state index contributed by atoms with van der Waals surface area (Å²) in [5.41, 5.74) is -0.903. The third-order valence-electron chi connectivity index (χ3n) is 2.68. The number of hydrogen-bond acceptors (Lipinski definition) is 5. The lowest BCUT2D eigenvalue weighted by Gasteiger charge is -2.08. The first-order valence-electron chi connectivity index (χ1n) is 6.29. The fraction of sp³-hybridized carbons (Fsp3) is 0.583. The van der Waals surface area contributed by atoms with Gasteiger partial charge in [0.05, 0.1) is 6.61 Å². The van der Waals surface area contributed by atoms with Crippen LogP contribution in [0.2, 0.25) is 0 Å². The smallest absolute Gasteiger partial charge is 0.331 e. The van der Waals surface area contributed by atoms with Crippen molar-refractivity contribution in [2.45, 2.75) is 6.54 Å². The summed E-state index contributed by atoms with van der Waals surface area (Å²) in [6.07, 6.45) is 1.32. The highest BCUT2D eigenvalue weighted by Crippen LogP contribution is 1.79. The molecule has 9 heteroatoms. The van der Waals surface area contributed by atoms with Crippen LogP contribution in [0.3, 0.4) is 0 Å². The second-order valence-electron chi connectivity index (χ2n) is 4.22. The fourth-order valence-electron chi connectivity index (χ4n) is 1.54. The summed E-state index contributed by atoms with van der Waals surface area (Å²) < 4.78 is 7.01. The molecule has 1 aromatic heterocycles. The number of halogens is 1. The van der Waals surface area contributed by atoms with Gasteiger partial charge in [0.1, 0.15) is 6.54 Å². The highest BCUT2D eigenvalue weighted by molar-refractivity contribution is 5.85. The molecule has 0 aromatic carbocycles. The van der Waals surface area contributed by atoms with Gasteiger partial charge in [-0.15, -0.1) is 12.4 Å². The number of hydrogen-bond donors (Lipinski definition) is 2. The third kappa shape index (κ3) is 6.56. The van der Waals surface area contributed by atoms with Gasteiger partial charge in [-0.2, -0.15) is 0 Å². The van der Waals surface area contributed by atoms with E-state index in [1.807, 2.05) is 0 Å². The molecule has 1 aromatic rings. The highest BCUT2D eigenvalue weighted by atomic mass is 35.5.